The third-order valence-corrected chi connectivity index (χ3v) is 11.6. The van der Waals surface area contributed by atoms with Crippen LogP contribution in [0.15, 0.2) is 69.5 Å². The number of nitrogens with zero attached hydrogens (tertiary/aromatic N) is 2. The Kier molecular flexibility index (Phi) is 3.80. The topological polar surface area (TPSA) is 25.8 Å². The summed E-state index contributed by atoms with van der Waals surface area (Å²) in [6.45, 7) is 8.00. The molecule has 0 saturated carbocycles. The molecule has 0 aliphatic heterocycles. The molecule has 0 bridgehead atoms. The molecule has 0 saturated heterocycles. The van der Waals surface area contributed by atoms with Gasteiger partial charge in [-0.25, -0.2) is 0 Å². The van der Waals surface area contributed by atoms with Gasteiger partial charge >= 0.3 is 107 Å². The van der Waals surface area contributed by atoms with Gasteiger partial charge in [0.05, 0.1) is 0 Å². The van der Waals surface area contributed by atoms with Crippen molar-refractivity contribution in [3.05, 3.63) is 69.5 Å². The molecule has 0 N–H and O–H groups in total. The maximum atomic E-state index is 4.48. The Morgan fingerprint density at radius 1 is 0.824 bits per heavy atom. The second-order valence-corrected chi connectivity index (χ2v) is 12.5. The summed E-state index contributed by atoms with van der Waals surface area (Å²) in [5, 5.41) is 0. The number of pyridine rings is 2. The van der Waals surface area contributed by atoms with E-state index in [1.807, 2.05) is 56.4 Å². The van der Waals surface area contributed by atoms with Gasteiger partial charge < -0.3 is 0 Å². The number of hydrogen-bond donors (Lipinski definition) is 0. The molecule has 2 rings (SSSR count). The standard InChI is InChI=1S/2C5H4N.2C2H3.Zr/c2*1-2-4-6-5-3-1;2*1-2;/h2*1-4H;2*1H,2H2;. The molecule has 0 unspecified atom stereocenters. The summed E-state index contributed by atoms with van der Waals surface area (Å²) < 4.78 is 6.24. The Morgan fingerprint density at radius 3 is 1.59 bits per heavy atom. The van der Waals surface area contributed by atoms with Crippen molar-refractivity contribution < 1.29 is 20.3 Å². The SMILES string of the molecule is C=[CH][Zr]([CH]=C)([c]1ccccn1)[c]1ccccn1. The molecule has 2 heterocycles. The van der Waals surface area contributed by atoms with E-state index in [1.165, 1.54) is 0 Å². The van der Waals surface area contributed by atoms with Crippen molar-refractivity contribution in [1.29, 1.82) is 0 Å². The molecule has 0 fully saturated rings. The van der Waals surface area contributed by atoms with Gasteiger partial charge in [0.15, 0.2) is 0 Å². The zero-order valence-corrected chi connectivity index (χ0v) is 12.0. The summed E-state index contributed by atoms with van der Waals surface area (Å²) in [6, 6.07) is 11.9. The molecule has 17 heavy (non-hydrogen) atoms. The van der Waals surface area contributed by atoms with E-state index >= 15 is 0 Å². The van der Waals surface area contributed by atoms with Gasteiger partial charge in [0.25, 0.3) is 0 Å². The summed E-state index contributed by atoms with van der Waals surface area (Å²) >= 11 is -3.04. The van der Waals surface area contributed by atoms with Crippen LogP contribution < -0.4 is 6.80 Å². The predicted octanol–water partition coefficient (Wildman–Crippen LogP) is 1.87. The average Bonchev–Trinajstić information content (AvgIpc) is 2.43. The van der Waals surface area contributed by atoms with Crippen LogP contribution in [0.1, 0.15) is 0 Å². The first kappa shape index (κ1) is 12.1. The van der Waals surface area contributed by atoms with Gasteiger partial charge in [0.2, 0.25) is 0 Å². The minimum absolute atomic E-state index is 1.09. The number of aromatic nitrogens is 2. The summed E-state index contributed by atoms with van der Waals surface area (Å²) in [5.74, 6) is 0. The fraction of sp³-hybridized carbons (Fsp3) is 0. The number of hydrogen-bond acceptors (Lipinski definition) is 2. The van der Waals surface area contributed by atoms with E-state index in [-0.39, 0.29) is 0 Å². The monoisotopic (exact) mass is 300 g/mol. The van der Waals surface area contributed by atoms with Gasteiger partial charge in [-0.1, -0.05) is 0 Å². The molecule has 3 heteroatoms. The molecule has 2 nitrogen and oxygen atoms in total. The third kappa shape index (κ3) is 2.20. The Morgan fingerprint density at radius 2 is 1.29 bits per heavy atom. The van der Waals surface area contributed by atoms with Crippen LogP contribution in [0.3, 0.4) is 0 Å². The first-order chi connectivity index (χ1) is 8.33. The van der Waals surface area contributed by atoms with E-state index in [4.69, 9.17) is 0 Å². The molecule has 0 aliphatic carbocycles. The van der Waals surface area contributed by atoms with Crippen LogP contribution in [0.4, 0.5) is 0 Å². The molecular weight excluding hydrogens is 287 g/mol. The molecule has 0 aliphatic rings. The summed E-state index contributed by atoms with van der Waals surface area (Å²) in [7, 11) is 0. The van der Waals surface area contributed by atoms with Crippen molar-refractivity contribution in [3.63, 3.8) is 0 Å². The van der Waals surface area contributed by atoms with Gasteiger partial charge in [-0.2, -0.15) is 0 Å². The Hall–Kier alpha value is -1.34. The van der Waals surface area contributed by atoms with Crippen molar-refractivity contribution in [2.75, 3.05) is 0 Å². The number of rotatable bonds is 4. The second kappa shape index (κ2) is 5.33. The average molecular weight is 302 g/mol. The van der Waals surface area contributed by atoms with E-state index in [0.717, 1.165) is 6.80 Å². The maximum absolute atomic E-state index is 4.48. The summed E-state index contributed by atoms with van der Waals surface area (Å²) in [5.41, 5.74) is 0. The first-order valence-electron chi connectivity index (χ1n) is 5.43. The zero-order chi connectivity index (χ0) is 12.1. The third-order valence-electron chi connectivity index (χ3n) is 2.82. The summed E-state index contributed by atoms with van der Waals surface area (Å²) in [6.07, 6.45) is 3.63. The van der Waals surface area contributed by atoms with Gasteiger partial charge in [-0.05, 0) is 0 Å². The molecule has 2 aromatic rings. The molecule has 0 radical (unpaired) electrons. The van der Waals surface area contributed by atoms with Crippen LogP contribution in [0, 0.1) is 0 Å². The van der Waals surface area contributed by atoms with Crippen molar-refractivity contribution in [2.45, 2.75) is 0 Å². The van der Waals surface area contributed by atoms with Crippen LogP contribution >= 0.6 is 0 Å². The van der Waals surface area contributed by atoms with Crippen LogP contribution in [0.2, 0.25) is 0 Å². The van der Waals surface area contributed by atoms with Crippen LogP contribution in [-0.2, 0) is 20.3 Å². The van der Waals surface area contributed by atoms with Gasteiger partial charge in [0.1, 0.15) is 0 Å². The molecule has 84 valence electrons. The molecule has 0 atom stereocenters. The summed E-state index contributed by atoms with van der Waals surface area (Å²) in [4.78, 5) is 8.96. The molecule has 2 aromatic heterocycles. The molecule has 0 spiro atoms. The Labute approximate surface area is 106 Å². The van der Waals surface area contributed by atoms with E-state index in [2.05, 4.69) is 23.1 Å². The minimum atomic E-state index is -3.04. The Balaban J connectivity index is 2.62. The molecule has 0 aromatic carbocycles. The quantitative estimate of drug-likeness (QED) is 0.861. The Bertz CT molecular complexity index is 459. The van der Waals surface area contributed by atoms with Crippen LogP contribution in [-0.4, -0.2) is 9.97 Å². The zero-order valence-electron chi connectivity index (χ0n) is 9.58. The van der Waals surface area contributed by atoms with E-state index in [0.29, 0.717) is 0 Å². The fourth-order valence-electron chi connectivity index (χ4n) is 1.85. The van der Waals surface area contributed by atoms with E-state index in [1.54, 1.807) is 0 Å². The van der Waals surface area contributed by atoms with Crippen LogP contribution in [0.25, 0.3) is 0 Å². The normalized spacial score (nSPS) is 10.8. The van der Waals surface area contributed by atoms with Crippen molar-refractivity contribution in [1.82, 2.24) is 9.97 Å². The van der Waals surface area contributed by atoms with Gasteiger partial charge in [-0.3, -0.25) is 0 Å². The van der Waals surface area contributed by atoms with Gasteiger partial charge in [-0.15, -0.1) is 0 Å². The second-order valence-electron chi connectivity index (χ2n) is 3.71. The van der Waals surface area contributed by atoms with Crippen LogP contribution in [0.5, 0.6) is 0 Å². The molecular formula is C14H14N2Zr. The van der Waals surface area contributed by atoms with Crippen molar-refractivity contribution in [3.8, 4) is 0 Å². The predicted molar refractivity (Wildman–Crippen MR) is 68.1 cm³/mol. The molecule has 0 amide bonds. The van der Waals surface area contributed by atoms with Gasteiger partial charge in [0, 0.05) is 0 Å². The van der Waals surface area contributed by atoms with Crippen molar-refractivity contribution in [2.24, 2.45) is 0 Å². The van der Waals surface area contributed by atoms with E-state index in [9.17, 15) is 0 Å². The van der Waals surface area contributed by atoms with E-state index < -0.39 is 20.3 Å². The fourth-order valence-corrected chi connectivity index (χ4v) is 8.20. The van der Waals surface area contributed by atoms with Crippen molar-refractivity contribution >= 4 is 6.80 Å². The first-order valence-corrected chi connectivity index (χ1v) is 10.7.